The molecule has 1 amide bonds. The number of aliphatic hydroxyl groups is 1. The first-order chi connectivity index (χ1) is 20.8. The van der Waals surface area contributed by atoms with Crippen LogP contribution in [0.2, 0.25) is 0 Å². The van der Waals surface area contributed by atoms with Gasteiger partial charge in [-0.25, -0.2) is 4.57 Å². The zero-order valence-corrected chi connectivity index (χ0v) is 28.0. The van der Waals surface area contributed by atoms with Gasteiger partial charge in [-0.2, -0.15) is 0 Å². The molecule has 0 bridgehead atoms. The summed E-state index contributed by atoms with van der Waals surface area (Å²) in [5.74, 6) is -0.541. The lowest BCUT2D eigenvalue weighted by Gasteiger charge is -2.15. The van der Waals surface area contributed by atoms with Gasteiger partial charge in [0.2, 0.25) is 5.91 Å². The summed E-state index contributed by atoms with van der Waals surface area (Å²) in [4.78, 5) is 33.4. The summed E-state index contributed by atoms with van der Waals surface area (Å²) in [6.07, 6.45) is 28.5. The van der Waals surface area contributed by atoms with Crippen LogP contribution < -0.4 is 5.32 Å². The Morgan fingerprint density at radius 2 is 1.26 bits per heavy atom. The summed E-state index contributed by atoms with van der Waals surface area (Å²) in [5.41, 5.74) is 0. The van der Waals surface area contributed by atoms with Gasteiger partial charge in [-0.1, -0.05) is 109 Å². The molecular weight excluding hydrogens is 569 g/mol. The maximum Gasteiger partial charge on any atom is 0.472 e. The highest BCUT2D eigenvalue weighted by Gasteiger charge is 2.23. The number of aliphatic hydroxyl groups excluding tert-OH is 1. The number of nitrogens with one attached hydrogen (secondary N) is 1. The minimum absolute atomic E-state index is 0.0751. The van der Waals surface area contributed by atoms with Crippen LogP contribution in [0.5, 0.6) is 0 Å². The van der Waals surface area contributed by atoms with Gasteiger partial charge < -0.3 is 20.1 Å². The van der Waals surface area contributed by atoms with E-state index in [1.54, 1.807) is 0 Å². The van der Waals surface area contributed by atoms with Crippen molar-refractivity contribution in [3.8, 4) is 0 Å². The predicted octanol–water partition coefficient (Wildman–Crippen LogP) is 8.09. The molecule has 0 rings (SSSR count). The van der Waals surface area contributed by atoms with Crippen LogP contribution in [0.1, 0.15) is 142 Å². The number of hydrogen-bond donors (Lipinski definition) is 3. The van der Waals surface area contributed by atoms with Crippen molar-refractivity contribution in [2.75, 3.05) is 26.4 Å². The first kappa shape index (κ1) is 41.5. The quantitative estimate of drug-likeness (QED) is 0.0303. The third-order valence-corrected chi connectivity index (χ3v) is 7.87. The van der Waals surface area contributed by atoms with E-state index in [1.807, 2.05) is 0 Å². The number of hydrogen-bond acceptors (Lipinski definition) is 7. The lowest BCUT2D eigenvalue weighted by molar-refractivity contribution is -0.147. The van der Waals surface area contributed by atoms with Crippen molar-refractivity contribution in [3.63, 3.8) is 0 Å². The average molecular weight is 632 g/mol. The fourth-order valence-corrected chi connectivity index (χ4v) is 5.05. The molecule has 0 fully saturated rings. The Morgan fingerprint density at radius 3 is 1.88 bits per heavy atom. The van der Waals surface area contributed by atoms with E-state index in [1.165, 1.54) is 44.9 Å². The lowest BCUT2D eigenvalue weighted by atomic mass is 10.1. The maximum atomic E-state index is 12.0. The molecule has 2 unspecified atom stereocenters. The Labute approximate surface area is 261 Å². The summed E-state index contributed by atoms with van der Waals surface area (Å²) in [5, 5.41) is 12.5. The highest BCUT2D eigenvalue weighted by atomic mass is 31.2. The van der Waals surface area contributed by atoms with Crippen LogP contribution in [-0.4, -0.2) is 54.3 Å². The highest BCUT2D eigenvalue weighted by Crippen LogP contribution is 2.42. The van der Waals surface area contributed by atoms with Crippen molar-refractivity contribution >= 4 is 19.7 Å². The first-order valence-corrected chi connectivity index (χ1v) is 18.3. The minimum Gasteiger partial charge on any atom is -0.463 e. The molecule has 0 aliphatic rings. The molecule has 0 spiro atoms. The van der Waals surface area contributed by atoms with Gasteiger partial charge >= 0.3 is 13.8 Å². The SMILES string of the molecule is CCCCCC/C=C\C/C=C\CCCCCCCC(=O)NCCOP(=O)(O)OCC(O)COC(=O)CCCCCCCC. The average Bonchev–Trinajstić information content (AvgIpc) is 2.98. The van der Waals surface area contributed by atoms with Crippen molar-refractivity contribution in [2.45, 2.75) is 148 Å². The number of phosphoric ester groups is 1. The molecule has 3 N–H and O–H groups in total. The van der Waals surface area contributed by atoms with Crippen LogP contribution in [0.15, 0.2) is 24.3 Å². The lowest BCUT2D eigenvalue weighted by Crippen LogP contribution is -2.27. The molecule has 252 valence electrons. The van der Waals surface area contributed by atoms with Crippen LogP contribution in [0.3, 0.4) is 0 Å². The molecule has 9 nitrogen and oxygen atoms in total. The highest BCUT2D eigenvalue weighted by molar-refractivity contribution is 7.47. The van der Waals surface area contributed by atoms with Gasteiger partial charge in [0.25, 0.3) is 0 Å². The first-order valence-electron chi connectivity index (χ1n) is 16.8. The standard InChI is InChI=1S/C33H62NO8P/c1-3-5-7-9-11-12-13-14-15-16-17-18-19-20-21-23-25-32(36)34-27-28-41-43(38,39)42-30-31(35)29-40-33(37)26-24-22-10-8-6-4-2/h12-13,15-16,31,35H,3-11,14,17-30H2,1-2H3,(H,34,36)(H,38,39)/b13-12-,16-15-. The molecule has 0 radical (unpaired) electrons. The van der Waals surface area contributed by atoms with Gasteiger partial charge in [-0.05, 0) is 44.9 Å². The second kappa shape index (κ2) is 30.5. The molecule has 0 aromatic rings. The molecule has 2 atom stereocenters. The molecule has 0 aromatic heterocycles. The Bertz CT molecular complexity index is 774. The van der Waals surface area contributed by atoms with Gasteiger partial charge in [-0.3, -0.25) is 18.6 Å². The normalized spacial score (nSPS) is 13.9. The number of unbranched alkanes of at least 4 members (excludes halogenated alkanes) is 14. The zero-order chi connectivity index (χ0) is 31.9. The van der Waals surface area contributed by atoms with E-state index in [0.717, 1.165) is 70.6 Å². The second-order valence-corrected chi connectivity index (χ2v) is 12.6. The van der Waals surface area contributed by atoms with Crippen LogP contribution in [0.25, 0.3) is 0 Å². The number of esters is 1. The summed E-state index contributed by atoms with van der Waals surface area (Å²) in [6, 6.07) is 0. The fraction of sp³-hybridized carbons (Fsp3) is 0.818. The van der Waals surface area contributed by atoms with Gasteiger partial charge in [0, 0.05) is 19.4 Å². The van der Waals surface area contributed by atoms with Crippen molar-refractivity contribution in [1.82, 2.24) is 5.32 Å². The van der Waals surface area contributed by atoms with Crippen LogP contribution in [0, 0.1) is 0 Å². The topological polar surface area (TPSA) is 131 Å². The van der Waals surface area contributed by atoms with Crippen molar-refractivity contribution in [3.05, 3.63) is 24.3 Å². The Balaban J connectivity index is 3.65. The van der Waals surface area contributed by atoms with Crippen molar-refractivity contribution in [1.29, 1.82) is 0 Å². The summed E-state index contributed by atoms with van der Waals surface area (Å²) in [7, 11) is -4.40. The van der Waals surface area contributed by atoms with E-state index >= 15 is 0 Å². The monoisotopic (exact) mass is 631 g/mol. The third kappa shape index (κ3) is 31.7. The third-order valence-electron chi connectivity index (χ3n) is 6.88. The van der Waals surface area contributed by atoms with E-state index in [2.05, 4.69) is 43.5 Å². The molecule has 0 aliphatic carbocycles. The van der Waals surface area contributed by atoms with Gasteiger partial charge in [0.15, 0.2) is 0 Å². The second-order valence-electron chi connectivity index (χ2n) is 11.1. The maximum absolute atomic E-state index is 12.0. The van der Waals surface area contributed by atoms with E-state index in [-0.39, 0.29) is 32.1 Å². The number of carbonyl (C=O) groups excluding carboxylic acids is 2. The Kier molecular flexibility index (Phi) is 29.4. The smallest absolute Gasteiger partial charge is 0.463 e. The predicted molar refractivity (Wildman–Crippen MR) is 174 cm³/mol. The minimum atomic E-state index is -4.40. The summed E-state index contributed by atoms with van der Waals surface area (Å²) < 4.78 is 26.5. The molecule has 43 heavy (non-hydrogen) atoms. The Morgan fingerprint density at radius 1 is 0.721 bits per heavy atom. The molecule has 0 saturated carbocycles. The van der Waals surface area contributed by atoms with Gasteiger partial charge in [-0.15, -0.1) is 0 Å². The summed E-state index contributed by atoms with van der Waals surface area (Å²) in [6.45, 7) is 3.42. The number of phosphoric acid groups is 1. The fourth-order valence-electron chi connectivity index (χ4n) is 4.29. The van der Waals surface area contributed by atoms with Crippen LogP contribution in [-0.2, 0) is 27.9 Å². The molecule has 0 aromatic carbocycles. The van der Waals surface area contributed by atoms with E-state index in [4.69, 9.17) is 13.8 Å². The van der Waals surface area contributed by atoms with Gasteiger partial charge in [0.05, 0.1) is 13.2 Å². The Hall–Kier alpha value is -1.51. The van der Waals surface area contributed by atoms with Crippen LogP contribution in [0.4, 0.5) is 0 Å². The zero-order valence-electron chi connectivity index (χ0n) is 27.1. The van der Waals surface area contributed by atoms with Gasteiger partial charge in [0.1, 0.15) is 12.7 Å². The number of carbonyl (C=O) groups is 2. The van der Waals surface area contributed by atoms with Crippen molar-refractivity contribution < 1.29 is 37.9 Å². The molecule has 0 heterocycles. The van der Waals surface area contributed by atoms with E-state index < -0.39 is 26.5 Å². The van der Waals surface area contributed by atoms with E-state index in [0.29, 0.717) is 6.42 Å². The van der Waals surface area contributed by atoms with E-state index in [9.17, 15) is 24.2 Å². The molecule has 10 heteroatoms. The summed E-state index contributed by atoms with van der Waals surface area (Å²) >= 11 is 0. The van der Waals surface area contributed by atoms with Crippen molar-refractivity contribution in [2.24, 2.45) is 0 Å². The molecular formula is C33H62NO8P. The number of allylic oxidation sites excluding steroid dienone is 4. The van der Waals surface area contributed by atoms with Crippen LogP contribution >= 0.6 is 7.82 Å². The number of rotatable bonds is 31. The number of ether oxygens (including phenoxy) is 1. The largest absolute Gasteiger partial charge is 0.472 e. The number of amides is 1. The molecule has 0 aliphatic heterocycles. The molecule has 0 saturated heterocycles.